The number of rotatable bonds is 4. The first kappa shape index (κ1) is 9.99. The number of benzene rings is 1. The molecule has 0 aliphatic heterocycles. The smallest absolute Gasteiger partial charge is 0.120 e. The Morgan fingerprint density at radius 1 is 1.13 bits per heavy atom. The van der Waals surface area contributed by atoms with Gasteiger partial charge in [-0.2, -0.15) is 0 Å². The molecule has 0 aliphatic rings. The average Bonchev–Trinajstić information content (AvgIpc) is 2.81. The van der Waals surface area contributed by atoms with Gasteiger partial charge in [0.25, 0.3) is 0 Å². The summed E-state index contributed by atoms with van der Waals surface area (Å²) in [5, 5.41) is 3.41. The molecule has 2 nitrogen and oxygen atoms in total. The standard InChI is InChI=1S/C13H15NO/c1-11(13-8-5-9-15-13)14-10-12-6-3-2-4-7-12/h2-9,11,14H,10H2,1H3/t11-/m1/s1. The molecule has 2 heteroatoms. The number of hydrogen-bond acceptors (Lipinski definition) is 2. The van der Waals surface area contributed by atoms with Crippen LogP contribution >= 0.6 is 0 Å². The normalized spacial score (nSPS) is 12.6. The predicted octanol–water partition coefficient (Wildman–Crippen LogP) is 3.13. The molecule has 1 aromatic carbocycles. The van der Waals surface area contributed by atoms with Crippen LogP contribution in [0.15, 0.2) is 53.1 Å². The molecule has 0 unspecified atom stereocenters. The second-order valence-corrected chi connectivity index (χ2v) is 3.60. The predicted molar refractivity (Wildman–Crippen MR) is 60.4 cm³/mol. The molecule has 0 amide bonds. The van der Waals surface area contributed by atoms with Gasteiger partial charge < -0.3 is 9.73 Å². The maximum Gasteiger partial charge on any atom is 0.120 e. The molecule has 0 radical (unpaired) electrons. The third kappa shape index (κ3) is 2.70. The minimum Gasteiger partial charge on any atom is -0.468 e. The van der Waals surface area contributed by atoms with Gasteiger partial charge in [-0.15, -0.1) is 0 Å². The summed E-state index contributed by atoms with van der Waals surface area (Å²) in [6.45, 7) is 2.96. The van der Waals surface area contributed by atoms with Crippen molar-refractivity contribution >= 4 is 0 Å². The van der Waals surface area contributed by atoms with E-state index < -0.39 is 0 Å². The highest BCUT2D eigenvalue weighted by Gasteiger charge is 2.06. The van der Waals surface area contributed by atoms with Crippen molar-refractivity contribution in [2.75, 3.05) is 0 Å². The first-order chi connectivity index (χ1) is 7.36. The molecule has 0 saturated heterocycles. The summed E-state index contributed by atoms with van der Waals surface area (Å²) < 4.78 is 5.32. The highest BCUT2D eigenvalue weighted by molar-refractivity contribution is 5.14. The van der Waals surface area contributed by atoms with Crippen molar-refractivity contribution in [2.24, 2.45) is 0 Å². The summed E-state index contributed by atoms with van der Waals surface area (Å²) >= 11 is 0. The van der Waals surface area contributed by atoms with Crippen molar-refractivity contribution in [3.63, 3.8) is 0 Å². The molecule has 0 bridgehead atoms. The first-order valence-corrected chi connectivity index (χ1v) is 5.17. The Balaban J connectivity index is 1.89. The van der Waals surface area contributed by atoms with Gasteiger partial charge in [0, 0.05) is 6.54 Å². The van der Waals surface area contributed by atoms with Crippen molar-refractivity contribution < 1.29 is 4.42 Å². The molecule has 2 aromatic rings. The SMILES string of the molecule is C[C@@H](NCc1ccccc1)c1ccco1. The molecular weight excluding hydrogens is 186 g/mol. The molecule has 15 heavy (non-hydrogen) atoms. The van der Waals surface area contributed by atoms with Crippen molar-refractivity contribution in [3.8, 4) is 0 Å². The van der Waals surface area contributed by atoms with Gasteiger partial charge in [-0.3, -0.25) is 0 Å². The Morgan fingerprint density at radius 2 is 1.93 bits per heavy atom. The minimum absolute atomic E-state index is 0.250. The van der Waals surface area contributed by atoms with Crippen molar-refractivity contribution in [2.45, 2.75) is 19.5 Å². The van der Waals surface area contributed by atoms with Crippen LogP contribution in [0, 0.1) is 0 Å². The maximum atomic E-state index is 5.32. The zero-order valence-electron chi connectivity index (χ0n) is 8.81. The van der Waals surface area contributed by atoms with Gasteiger partial charge in [0.15, 0.2) is 0 Å². The first-order valence-electron chi connectivity index (χ1n) is 5.17. The van der Waals surface area contributed by atoms with E-state index in [4.69, 9.17) is 4.42 Å². The van der Waals surface area contributed by atoms with Gasteiger partial charge in [0.05, 0.1) is 12.3 Å². The minimum atomic E-state index is 0.250. The summed E-state index contributed by atoms with van der Waals surface area (Å²) in [6, 6.07) is 14.5. The molecule has 0 aliphatic carbocycles. The fourth-order valence-electron chi connectivity index (χ4n) is 1.51. The van der Waals surface area contributed by atoms with Gasteiger partial charge in [-0.1, -0.05) is 30.3 Å². The summed E-state index contributed by atoms with van der Waals surface area (Å²) in [5.41, 5.74) is 1.29. The molecule has 1 atom stereocenters. The van der Waals surface area contributed by atoms with Crippen LogP contribution < -0.4 is 5.32 Å². The van der Waals surface area contributed by atoms with Crippen LogP contribution in [-0.2, 0) is 6.54 Å². The Labute approximate surface area is 89.9 Å². The molecular formula is C13H15NO. The Hall–Kier alpha value is -1.54. The van der Waals surface area contributed by atoms with Gasteiger partial charge in [0.1, 0.15) is 5.76 Å². The quantitative estimate of drug-likeness (QED) is 0.822. The van der Waals surface area contributed by atoms with E-state index in [9.17, 15) is 0 Å². The van der Waals surface area contributed by atoms with E-state index in [1.807, 2.05) is 18.2 Å². The average molecular weight is 201 g/mol. The zero-order valence-corrected chi connectivity index (χ0v) is 8.81. The second kappa shape index (κ2) is 4.80. The lowest BCUT2D eigenvalue weighted by Gasteiger charge is -2.10. The van der Waals surface area contributed by atoms with Crippen LogP contribution in [0.2, 0.25) is 0 Å². The molecule has 1 aromatic heterocycles. The molecule has 1 heterocycles. The van der Waals surface area contributed by atoms with Crippen LogP contribution in [0.4, 0.5) is 0 Å². The molecule has 2 rings (SSSR count). The largest absolute Gasteiger partial charge is 0.468 e. The van der Waals surface area contributed by atoms with Crippen molar-refractivity contribution in [1.82, 2.24) is 5.32 Å². The summed E-state index contributed by atoms with van der Waals surface area (Å²) in [4.78, 5) is 0. The summed E-state index contributed by atoms with van der Waals surface area (Å²) in [5.74, 6) is 0.978. The molecule has 0 spiro atoms. The summed E-state index contributed by atoms with van der Waals surface area (Å²) in [6.07, 6.45) is 1.70. The van der Waals surface area contributed by atoms with Crippen LogP contribution in [0.25, 0.3) is 0 Å². The van der Waals surface area contributed by atoms with Crippen LogP contribution in [0.5, 0.6) is 0 Å². The number of nitrogens with one attached hydrogen (secondary N) is 1. The van der Waals surface area contributed by atoms with E-state index >= 15 is 0 Å². The fourth-order valence-corrected chi connectivity index (χ4v) is 1.51. The van der Waals surface area contributed by atoms with E-state index in [0.29, 0.717) is 0 Å². The zero-order chi connectivity index (χ0) is 10.5. The highest BCUT2D eigenvalue weighted by Crippen LogP contribution is 2.12. The van der Waals surface area contributed by atoms with Gasteiger partial charge in [-0.05, 0) is 24.6 Å². The monoisotopic (exact) mass is 201 g/mol. The Morgan fingerprint density at radius 3 is 2.60 bits per heavy atom. The highest BCUT2D eigenvalue weighted by atomic mass is 16.3. The van der Waals surface area contributed by atoms with Gasteiger partial charge in [0.2, 0.25) is 0 Å². The lowest BCUT2D eigenvalue weighted by Crippen LogP contribution is -2.17. The molecule has 0 saturated carbocycles. The third-order valence-corrected chi connectivity index (χ3v) is 2.43. The molecule has 0 fully saturated rings. The van der Waals surface area contributed by atoms with Crippen molar-refractivity contribution in [1.29, 1.82) is 0 Å². The maximum absolute atomic E-state index is 5.32. The van der Waals surface area contributed by atoms with E-state index in [1.165, 1.54) is 5.56 Å². The van der Waals surface area contributed by atoms with Crippen LogP contribution in [-0.4, -0.2) is 0 Å². The topological polar surface area (TPSA) is 25.2 Å². The van der Waals surface area contributed by atoms with Crippen LogP contribution in [0.1, 0.15) is 24.3 Å². The van der Waals surface area contributed by atoms with Gasteiger partial charge >= 0.3 is 0 Å². The number of hydrogen-bond donors (Lipinski definition) is 1. The number of furan rings is 1. The van der Waals surface area contributed by atoms with E-state index in [-0.39, 0.29) is 6.04 Å². The van der Waals surface area contributed by atoms with Gasteiger partial charge in [-0.25, -0.2) is 0 Å². The van der Waals surface area contributed by atoms with Crippen molar-refractivity contribution in [3.05, 3.63) is 60.1 Å². The molecule has 1 N–H and O–H groups in total. The Bertz CT molecular complexity index is 380. The lowest BCUT2D eigenvalue weighted by atomic mass is 10.2. The summed E-state index contributed by atoms with van der Waals surface area (Å²) in [7, 11) is 0. The lowest BCUT2D eigenvalue weighted by molar-refractivity contribution is 0.430. The Kier molecular flexibility index (Phi) is 3.20. The van der Waals surface area contributed by atoms with E-state index in [2.05, 4.69) is 36.5 Å². The van der Waals surface area contributed by atoms with Crippen LogP contribution in [0.3, 0.4) is 0 Å². The fraction of sp³-hybridized carbons (Fsp3) is 0.231. The van der Waals surface area contributed by atoms with E-state index in [0.717, 1.165) is 12.3 Å². The van der Waals surface area contributed by atoms with E-state index in [1.54, 1.807) is 6.26 Å². The second-order valence-electron chi connectivity index (χ2n) is 3.60. The molecule has 78 valence electrons. The third-order valence-electron chi connectivity index (χ3n) is 2.43.